The number of carbonyl (C=O) groups is 2. The molecule has 37 heavy (non-hydrogen) atoms. The highest BCUT2D eigenvalue weighted by molar-refractivity contribution is 9.10. The number of hydrogen-bond acceptors (Lipinski definition) is 4. The van der Waals surface area contributed by atoms with Crippen LogP contribution in [0.4, 0.5) is 5.69 Å². The summed E-state index contributed by atoms with van der Waals surface area (Å²) >= 11 is 9.40. The van der Waals surface area contributed by atoms with Crippen molar-refractivity contribution in [1.82, 2.24) is 10.2 Å². The Balaban J connectivity index is 2.03. The molecule has 0 spiro atoms. The fraction of sp³-hybridized carbons (Fsp3) is 0.259. The molecule has 0 fully saturated rings. The molecule has 0 radical (unpaired) electrons. The van der Waals surface area contributed by atoms with E-state index in [9.17, 15) is 18.0 Å². The SMILES string of the molecule is CCNC(=O)C(CC)N(Cc1ccc(Cl)cc1)C(=O)CN(c1ccc(Br)cc1)S(=O)(=O)c1ccccc1. The third-order valence-corrected chi connectivity index (χ3v) is 8.30. The molecule has 7 nitrogen and oxygen atoms in total. The van der Waals surface area contributed by atoms with Gasteiger partial charge in [0.1, 0.15) is 12.6 Å². The summed E-state index contributed by atoms with van der Waals surface area (Å²) in [4.78, 5) is 28.3. The summed E-state index contributed by atoms with van der Waals surface area (Å²) in [6.07, 6.45) is 0.356. The second-order valence-corrected chi connectivity index (χ2v) is 11.5. The molecule has 2 amide bonds. The standard InChI is InChI=1S/C27H29BrClN3O4S/c1-3-25(27(34)30-4-2)31(18-20-10-14-22(29)15-11-20)26(33)19-32(23-16-12-21(28)13-17-23)37(35,36)24-8-6-5-7-9-24/h5-17,25H,3-4,18-19H2,1-2H3,(H,30,34). The monoisotopic (exact) mass is 605 g/mol. The topological polar surface area (TPSA) is 86.8 Å². The first-order chi connectivity index (χ1) is 17.7. The lowest BCUT2D eigenvalue weighted by molar-refractivity contribution is -0.140. The van der Waals surface area contributed by atoms with Crippen LogP contribution in [0.25, 0.3) is 0 Å². The predicted octanol–water partition coefficient (Wildman–Crippen LogP) is 5.24. The van der Waals surface area contributed by atoms with Crippen molar-refractivity contribution in [3.8, 4) is 0 Å². The minimum absolute atomic E-state index is 0.0609. The summed E-state index contributed by atoms with van der Waals surface area (Å²) < 4.78 is 29.2. The zero-order valence-corrected chi connectivity index (χ0v) is 23.8. The Morgan fingerprint density at radius 1 is 0.946 bits per heavy atom. The van der Waals surface area contributed by atoms with E-state index in [1.54, 1.807) is 73.7 Å². The maximum atomic E-state index is 13.9. The van der Waals surface area contributed by atoms with Crippen molar-refractivity contribution in [1.29, 1.82) is 0 Å². The predicted molar refractivity (Wildman–Crippen MR) is 150 cm³/mol. The van der Waals surface area contributed by atoms with Crippen molar-refractivity contribution in [3.63, 3.8) is 0 Å². The van der Waals surface area contributed by atoms with Gasteiger partial charge in [0.2, 0.25) is 11.8 Å². The van der Waals surface area contributed by atoms with Crippen LogP contribution >= 0.6 is 27.5 Å². The van der Waals surface area contributed by atoms with E-state index in [1.807, 2.05) is 6.92 Å². The molecule has 1 unspecified atom stereocenters. The largest absolute Gasteiger partial charge is 0.355 e. The minimum Gasteiger partial charge on any atom is -0.355 e. The number of carbonyl (C=O) groups excluding carboxylic acids is 2. The molecule has 10 heteroatoms. The summed E-state index contributed by atoms with van der Waals surface area (Å²) in [5, 5.41) is 3.33. The number of rotatable bonds is 11. The van der Waals surface area contributed by atoms with Crippen molar-refractivity contribution < 1.29 is 18.0 Å². The second-order valence-electron chi connectivity index (χ2n) is 8.27. The van der Waals surface area contributed by atoms with E-state index in [1.165, 1.54) is 17.0 Å². The van der Waals surface area contributed by atoms with E-state index in [2.05, 4.69) is 21.2 Å². The van der Waals surface area contributed by atoms with Gasteiger partial charge >= 0.3 is 0 Å². The van der Waals surface area contributed by atoms with Gasteiger partial charge in [0, 0.05) is 22.6 Å². The number of sulfonamides is 1. The molecule has 3 rings (SSSR count). The average molecular weight is 607 g/mol. The number of nitrogens with one attached hydrogen (secondary N) is 1. The summed E-state index contributed by atoms with van der Waals surface area (Å²) in [7, 11) is -4.08. The van der Waals surface area contributed by atoms with Crippen molar-refractivity contribution in [2.75, 3.05) is 17.4 Å². The summed E-state index contributed by atoms with van der Waals surface area (Å²) in [6, 6.07) is 20.8. The van der Waals surface area contributed by atoms with Gasteiger partial charge in [0.15, 0.2) is 0 Å². The Morgan fingerprint density at radius 2 is 1.57 bits per heavy atom. The molecule has 196 valence electrons. The lowest BCUT2D eigenvalue weighted by Crippen LogP contribution is -2.52. The molecular weight excluding hydrogens is 578 g/mol. The number of benzene rings is 3. The third kappa shape index (κ3) is 7.34. The first kappa shape index (κ1) is 28.7. The number of likely N-dealkylation sites (N-methyl/N-ethyl adjacent to an activating group) is 1. The minimum atomic E-state index is -4.08. The van der Waals surface area contributed by atoms with Crippen molar-refractivity contribution in [2.24, 2.45) is 0 Å². The van der Waals surface area contributed by atoms with Gasteiger partial charge in [-0.25, -0.2) is 8.42 Å². The molecule has 0 heterocycles. The van der Waals surface area contributed by atoms with Crippen LogP contribution in [0.15, 0.2) is 88.2 Å². The Kier molecular flexibility index (Phi) is 10.1. The zero-order chi connectivity index (χ0) is 27.0. The number of nitrogens with zero attached hydrogens (tertiary/aromatic N) is 2. The summed E-state index contributed by atoms with van der Waals surface area (Å²) in [6.45, 7) is 3.66. The third-order valence-electron chi connectivity index (χ3n) is 5.73. The van der Waals surface area contributed by atoms with Crippen LogP contribution in [0.5, 0.6) is 0 Å². The average Bonchev–Trinajstić information content (AvgIpc) is 2.89. The Morgan fingerprint density at radius 3 is 2.14 bits per heavy atom. The molecule has 3 aromatic carbocycles. The Hall–Kier alpha value is -2.88. The molecule has 0 aromatic heterocycles. The van der Waals surface area contributed by atoms with Crippen LogP contribution in [0.3, 0.4) is 0 Å². The van der Waals surface area contributed by atoms with E-state index >= 15 is 0 Å². The van der Waals surface area contributed by atoms with Gasteiger partial charge in [0.25, 0.3) is 10.0 Å². The molecular formula is C27H29BrClN3O4S. The Labute approximate surface area is 231 Å². The first-order valence-electron chi connectivity index (χ1n) is 11.8. The molecule has 0 bridgehead atoms. The fourth-order valence-electron chi connectivity index (χ4n) is 3.85. The van der Waals surface area contributed by atoms with Crippen molar-refractivity contribution in [2.45, 2.75) is 37.8 Å². The molecule has 0 saturated heterocycles. The van der Waals surface area contributed by atoms with E-state index in [-0.39, 0.29) is 17.3 Å². The number of anilines is 1. The molecule has 0 aliphatic heterocycles. The highest BCUT2D eigenvalue weighted by atomic mass is 79.9. The summed E-state index contributed by atoms with van der Waals surface area (Å²) in [5.74, 6) is -0.802. The molecule has 3 aromatic rings. The smallest absolute Gasteiger partial charge is 0.264 e. The zero-order valence-electron chi connectivity index (χ0n) is 20.6. The highest BCUT2D eigenvalue weighted by Gasteiger charge is 2.33. The molecule has 1 N–H and O–H groups in total. The van der Waals surface area contributed by atoms with E-state index in [4.69, 9.17) is 11.6 Å². The van der Waals surface area contributed by atoms with E-state index in [0.717, 1.165) is 14.3 Å². The molecule has 0 aliphatic carbocycles. The molecule has 1 atom stereocenters. The van der Waals surface area contributed by atoms with Crippen LogP contribution in [0, 0.1) is 0 Å². The van der Waals surface area contributed by atoms with Crippen LogP contribution in [0.2, 0.25) is 5.02 Å². The van der Waals surface area contributed by atoms with Gasteiger partial charge in [-0.2, -0.15) is 0 Å². The maximum Gasteiger partial charge on any atom is 0.264 e. The molecule has 0 aliphatic rings. The van der Waals surface area contributed by atoms with Gasteiger partial charge in [-0.3, -0.25) is 13.9 Å². The number of amides is 2. The van der Waals surface area contributed by atoms with Gasteiger partial charge < -0.3 is 10.2 Å². The fourth-order valence-corrected chi connectivity index (χ4v) is 5.68. The van der Waals surface area contributed by atoms with E-state index in [0.29, 0.717) is 23.7 Å². The lowest BCUT2D eigenvalue weighted by atomic mass is 10.1. The lowest BCUT2D eigenvalue weighted by Gasteiger charge is -2.33. The van der Waals surface area contributed by atoms with Crippen LogP contribution in [-0.4, -0.2) is 44.3 Å². The van der Waals surface area contributed by atoms with Crippen molar-refractivity contribution >= 4 is 55.1 Å². The van der Waals surface area contributed by atoms with Crippen LogP contribution < -0.4 is 9.62 Å². The quantitative estimate of drug-likeness (QED) is 0.323. The molecule has 0 saturated carbocycles. The van der Waals surface area contributed by atoms with E-state index < -0.39 is 28.5 Å². The highest BCUT2D eigenvalue weighted by Crippen LogP contribution is 2.26. The van der Waals surface area contributed by atoms with Gasteiger partial charge in [-0.05, 0) is 67.4 Å². The van der Waals surface area contributed by atoms with Gasteiger partial charge in [-0.15, -0.1) is 0 Å². The maximum absolute atomic E-state index is 13.9. The second kappa shape index (κ2) is 13.1. The van der Waals surface area contributed by atoms with Gasteiger partial charge in [0.05, 0.1) is 10.6 Å². The normalized spacial score (nSPS) is 12.0. The first-order valence-corrected chi connectivity index (χ1v) is 14.4. The van der Waals surface area contributed by atoms with Crippen LogP contribution in [-0.2, 0) is 26.2 Å². The summed E-state index contributed by atoms with van der Waals surface area (Å²) in [5.41, 5.74) is 1.10. The number of halogens is 2. The van der Waals surface area contributed by atoms with Crippen molar-refractivity contribution in [3.05, 3.63) is 93.9 Å². The number of hydrogen-bond donors (Lipinski definition) is 1. The van der Waals surface area contributed by atoms with Gasteiger partial charge in [-0.1, -0.05) is 64.8 Å². The Bertz CT molecular complexity index is 1300. The van der Waals surface area contributed by atoms with Crippen LogP contribution in [0.1, 0.15) is 25.8 Å².